The van der Waals surface area contributed by atoms with Gasteiger partial charge in [-0.1, -0.05) is 23.7 Å². The van der Waals surface area contributed by atoms with E-state index in [2.05, 4.69) is 19.6 Å². The number of hydrogen-bond acceptors (Lipinski definition) is 6. The first-order chi connectivity index (χ1) is 11.6. The number of halogens is 1. The van der Waals surface area contributed by atoms with Gasteiger partial charge in [0.25, 0.3) is 0 Å². The third-order valence-electron chi connectivity index (χ3n) is 3.57. The maximum atomic E-state index is 12.3. The maximum absolute atomic E-state index is 12.3. The zero-order valence-corrected chi connectivity index (χ0v) is 14.4. The fraction of sp³-hybridized carbons (Fsp3) is 0.333. The van der Waals surface area contributed by atoms with Crippen molar-refractivity contribution < 1.29 is 13.2 Å². The molecule has 3 rings (SSSR count). The van der Waals surface area contributed by atoms with Crippen molar-refractivity contribution >= 4 is 27.4 Å². The van der Waals surface area contributed by atoms with E-state index in [0.29, 0.717) is 19.0 Å². The highest BCUT2D eigenvalue weighted by Gasteiger charge is 2.18. The van der Waals surface area contributed by atoms with Crippen molar-refractivity contribution in [3.63, 3.8) is 0 Å². The molecule has 24 heavy (non-hydrogen) atoms. The predicted molar refractivity (Wildman–Crippen MR) is 90.5 cm³/mol. The lowest BCUT2D eigenvalue weighted by atomic mass is 10.4. The largest absolute Gasteiger partial charge is 0.378 e. The highest BCUT2D eigenvalue weighted by atomic mass is 35.5. The third-order valence-corrected chi connectivity index (χ3v) is 5.47. The van der Waals surface area contributed by atoms with Gasteiger partial charge in [0.15, 0.2) is 0 Å². The van der Waals surface area contributed by atoms with E-state index in [9.17, 15) is 8.42 Å². The first-order valence-corrected chi connectivity index (χ1v) is 9.31. The molecule has 1 saturated heterocycles. The van der Waals surface area contributed by atoms with Crippen LogP contribution in [0.25, 0.3) is 0 Å². The highest BCUT2D eigenvalue weighted by Crippen LogP contribution is 2.20. The van der Waals surface area contributed by atoms with E-state index in [0.717, 1.165) is 18.9 Å². The van der Waals surface area contributed by atoms with Gasteiger partial charge in [0, 0.05) is 19.3 Å². The minimum Gasteiger partial charge on any atom is -0.378 e. The molecule has 1 aliphatic rings. The number of sulfonamides is 1. The Bertz CT molecular complexity index is 810. The van der Waals surface area contributed by atoms with Crippen molar-refractivity contribution in [2.75, 3.05) is 31.2 Å². The summed E-state index contributed by atoms with van der Waals surface area (Å²) in [7, 11) is -3.72. The Balaban J connectivity index is 1.71. The highest BCUT2D eigenvalue weighted by molar-refractivity contribution is 7.89. The standard InChI is InChI=1S/C15H17ClN4O3S/c16-12-3-1-2-4-13(12)24(21,22)18-11-14-17-6-5-15(19-14)20-7-9-23-10-8-20/h1-6,18H,7-11H2. The second-order valence-electron chi connectivity index (χ2n) is 5.19. The Morgan fingerprint density at radius 3 is 2.71 bits per heavy atom. The monoisotopic (exact) mass is 368 g/mol. The van der Waals surface area contributed by atoms with Crippen molar-refractivity contribution in [3.8, 4) is 0 Å². The lowest BCUT2D eigenvalue weighted by Gasteiger charge is -2.27. The van der Waals surface area contributed by atoms with Crippen LogP contribution in [0, 0.1) is 0 Å². The van der Waals surface area contributed by atoms with E-state index in [1.165, 1.54) is 12.1 Å². The van der Waals surface area contributed by atoms with Crippen molar-refractivity contribution in [3.05, 3.63) is 47.4 Å². The number of anilines is 1. The summed E-state index contributed by atoms with van der Waals surface area (Å²) in [6.07, 6.45) is 1.62. The smallest absolute Gasteiger partial charge is 0.242 e. The van der Waals surface area contributed by atoms with Gasteiger partial charge in [-0.25, -0.2) is 23.1 Å². The number of ether oxygens (including phenoxy) is 1. The molecule has 0 amide bonds. The van der Waals surface area contributed by atoms with Gasteiger partial charge in [-0.3, -0.25) is 0 Å². The lowest BCUT2D eigenvalue weighted by molar-refractivity contribution is 0.122. The first-order valence-electron chi connectivity index (χ1n) is 7.45. The fourth-order valence-corrected chi connectivity index (χ4v) is 3.84. The number of rotatable bonds is 5. The number of nitrogens with zero attached hydrogens (tertiary/aromatic N) is 3. The van der Waals surface area contributed by atoms with Gasteiger partial charge >= 0.3 is 0 Å². The van der Waals surface area contributed by atoms with E-state index >= 15 is 0 Å². The molecule has 9 heteroatoms. The number of hydrogen-bond donors (Lipinski definition) is 1. The summed E-state index contributed by atoms with van der Waals surface area (Å²) in [6, 6.07) is 8.09. The van der Waals surface area contributed by atoms with Crippen molar-refractivity contribution in [2.45, 2.75) is 11.4 Å². The van der Waals surface area contributed by atoms with Crippen LogP contribution in [-0.2, 0) is 21.3 Å². The molecule has 7 nitrogen and oxygen atoms in total. The van der Waals surface area contributed by atoms with Crippen molar-refractivity contribution in [1.29, 1.82) is 0 Å². The molecule has 1 aromatic heterocycles. The number of benzene rings is 1. The predicted octanol–water partition coefficient (Wildman–Crippen LogP) is 1.45. The van der Waals surface area contributed by atoms with Gasteiger partial charge in [0.1, 0.15) is 16.5 Å². The van der Waals surface area contributed by atoms with Crippen LogP contribution in [0.2, 0.25) is 5.02 Å². The average molecular weight is 369 g/mol. The van der Waals surface area contributed by atoms with Gasteiger partial charge in [0.05, 0.1) is 24.8 Å². The molecule has 1 aliphatic heterocycles. The molecule has 0 radical (unpaired) electrons. The molecule has 2 aromatic rings. The van der Waals surface area contributed by atoms with Crippen LogP contribution >= 0.6 is 11.6 Å². The second kappa shape index (κ2) is 7.43. The summed E-state index contributed by atoms with van der Waals surface area (Å²) in [5, 5.41) is 0.174. The fourth-order valence-electron chi connectivity index (χ4n) is 2.34. The van der Waals surface area contributed by atoms with Crippen LogP contribution in [0.3, 0.4) is 0 Å². The van der Waals surface area contributed by atoms with Crippen molar-refractivity contribution in [2.24, 2.45) is 0 Å². The van der Waals surface area contributed by atoms with Crippen LogP contribution in [0.5, 0.6) is 0 Å². The lowest BCUT2D eigenvalue weighted by Crippen LogP contribution is -2.37. The minimum absolute atomic E-state index is 0.00820. The van der Waals surface area contributed by atoms with Crippen LogP contribution in [0.4, 0.5) is 5.82 Å². The Hall–Kier alpha value is -1.74. The van der Waals surface area contributed by atoms with E-state index in [-0.39, 0.29) is 16.5 Å². The van der Waals surface area contributed by atoms with Gasteiger partial charge < -0.3 is 9.64 Å². The Kier molecular flexibility index (Phi) is 5.30. The van der Waals surface area contributed by atoms with Gasteiger partial charge in [-0.05, 0) is 18.2 Å². The minimum atomic E-state index is -3.72. The molecular formula is C15H17ClN4O3S. The van der Waals surface area contributed by atoms with Gasteiger partial charge in [0.2, 0.25) is 10.0 Å². The van der Waals surface area contributed by atoms with Crippen LogP contribution < -0.4 is 9.62 Å². The molecular weight excluding hydrogens is 352 g/mol. The van der Waals surface area contributed by atoms with E-state index < -0.39 is 10.0 Å². The maximum Gasteiger partial charge on any atom is 0.242 e. The average Bonchev–Trinajstić information content (AvgIpc) is 2.61. The third kappa shape index (κ3) is 4.02. The number of nitrogens with one attached hydrogen (secondary N) is 1. The summed E-state index contributed by atoms with van der Waals surface area (Å²) in [6.45, 7) is 2.80. The van der Waals surface area contributed by atoms with Crippen LogP contribution in [-0.4, -0.2) is 44.7 Å². The van der Waals surface area contributed by atoms with Crippen LogP contribution in [0.15, 0.2) is 41.4 Å². The molecule has 0 unspecified atom stereocenters. The first kappa shape index (κ1) is 17.1. The molecule has 0 aliphatic carbocycles. The molecule has 1 N–H and O–H groups in total. The molecule has 0 saturated carbocycles. The van der Waals surface area contributed by atoms with E-state index in [1.807, 2.05) is 0 Å². The normalized spacial score (nSPS) is 15.5. The molecule has 2 heterocycles. The topological polar surface area (TPSA) is 84.4 Å². The summed E-state index contributed by atoms with van der Waals surface area (Å²) < 4.78 is 32.5. The Labute approximate surface area is 145 Å². The quantitative estimate of drug-likeness (QED) is 0.859. The second-order valence-corrected chi connectivity index (χ2v) is 7.33. The number of aromatic nitrogens is 2. The zero-order valence-electron chi connectivity index (χ0n) is 12.9. The Morgan fingerprint density at radius 1 is 1.21 bits per heavy atom. The van der Waals surface area contributed by atoms with Crippen LogP contribution in [0.1, 0.15) is 5.82 Å². The molecule has 0 bridgehead atoms. The van der Waals surface area contributed by atoms with E-state index in [1.54, 1.807) is 24.4 Å². The van der Waals surface area contributed by atoms with Crippen molar-refractivity contribution in [1.82, 2.24) is 14.7 Å². The molecule has 0 atom stereocenters. The Morgan fingerprint density at radius 2 is 1.96 bits per heavy atom. The number of morpholine rings is 1. The molecule has 0 spiro atoms. The molecule has 1 aromatic carbocycles. The molecule has 1 fully saturated rings. The zero-order chi connectivity index (χ0) is 17.0. The van der Waals surface area contributed by atoms with E-state index in [4.69, 9.17) is 16.3 Å². The van der Waals surface area contributed by atoms with Gasteiger partial charge in [-0.2, -0.15) is 0 Å². The molecule has 128 valence electrons. The summed E-state index contributed by atoms with van der Waals surface area (Å²) in [5.41, 5.74) is 0. The SMILES string of the molecule is O=S(=O)(NCc1nccc(N2CCOCC2)n1)c1ccccc1Cl. The van der Waals surface area contributed by atoms with Gasteiger partial charge in [-0.15, -0.1) is 0 Å². The summed E-state index contributed by atoms with van der Waals surface area (Å²) in [4.78, 5) is 10.7. The summed E-state index contributed by atoms with van der Waals surface area (Å²) >= 11 is 5.95. The summed E-state index contributed by atoms with van der Waals surface area (Å²) in [5.74, 6) is 1.16.